The van der Waals surface area contributed by atoms with Crippen LogP contribution in [0.4, 0.5) is 11.4 Å². The molecule has 0 atom stereocenters. The SMILES string of the molecule is CN(CCC#N)c1ccc(N)cc1C(N)=O. The summed E-state index contributed by atoms with van der Waals surface area (Å²) in [5.74, 6) is -0.522. The van der Waals surface area contributed by atoms with E-state index in [9.17, 15) is 4.79 Å². The van der Waals surface area contributed by atoms with Crippen LogP contribution < -0.4 is 16.4 Å². The van der Waals surface area contributed by atoms with E-state index in [1.54, 1.807) is 25.2 Å². The second-order valence-electron chi connectivity index (χ2n) is 3.47. The minimum atomic E-state index is -0.522. The minimum absolute atomic E-state index is 0.375. The van der Waals surface area contributed by atoms with E-state index >= 15 is 0 Å². The summed E-state index contributed by atoms with van der Waals surface area (Å²) in [6.07, 6.45) is 0.388. The number of nitriles is 1. The van der Waals surface area contributed by atoms with Crippen LogP contribution in [-0.2, 0) is 0 Å². The van der Waals surface area contributed by atoms with Crippen LogP contribution in [0.3, 0.4) is 0 Å². The van der Waals surface area contributed by atoms with Crippen molar-refractivity contribution in [1.29, 1.82) is 5.26 Å². The number of primary amides is 1. The lowest BCUT2D eigenvalue weighted by atomic mass is 10.1. The molecule has 0 heterocycles. The first kappa shape index (κ1) is 11.9. The molecule has 0 aromatic heterocycles. The van der Waals surface area contributed by atoms with Crippen molar-refractivity contribution >= 4 is 17.3 Å². The zero-order valence-corrected chi connectivity index (χ0v) is 9.10. The normalized spacial score (nSPS) is 9.50. The lowest BCUT2D eigenvalue weighted by molar-refractivity contribution is 0.100. The van der Waals surface area contributed by atoms with E-state index in [0.717, 1.165) is 0 Å². The molecule has 0 radical (unpaired) electrons. The first-order valence-electron chi connectivity index (χ1n) is 4.83. The second kappa shape index (κ2) is 5.03. The van der Waals surface area contributed by atoms with Gasteiger partial charge in [-0.1, -0.05) is 0 Å². The molecule has 1 amide bonds. The Hall–Kier alpha value is -2.22. The Morgan fingerprint density at radius 2 is 2.25 bits per heavy atom. The smallest absolute Gasteiger partial charge is 0.250 e. The van der Waals surface area contributed by atoms with Crippen molar-refractivity contribution in [3.63, 3.8) is 0 Å². The van der Waals surface area contributed by atoms with Gasteiger partial charge in [0, 0.05) is 25.0 Å². The predicted octanol–water partition coefficient (Wildman–Crippen LogP) is 0.718. The maximum absolute atomic E-state index is 11.2. The van der Waals surface area contributed by atoms with Gasteiger partial charge in [0.05, 0.1) is 18.1 Å². The molecule has 0 aliphatic heterocycles. The van der Waals surface area contributed by atoms with Gasteiger partial charge in [0.1, 0.15) is 0 Å². The first-order chi connectivity index (χ1) is 7.56. The van der Waals surface area contributed by atoms with Gasteiger partial charge in [0.15, 0.2) is 0 Å². The number of nitrogens with two attached hydrogens (primary N) is 2. The summed E-state index contributed by atoms with van der Waals surface area (Å²) in [6.45, 7) is 0.542. The van der Waals surface area contributed by atoms with E-state index in [4.69, 9.17) is 16.7 Å². The minimum Gasteiger partial charge on any atom is -0.399 e. The Morgan fingerprint density at radius 1 is 1.56 bits per heavy atom. The highest BCUT2D eigenvalue weighted by Crippen LogP contribution is 2.21. The Bertz CT molecular complexity index is 436. The van der Waals surface area contributed by atoms with Crippen LogP contribution >= 0.6 is 0 Å². The van der Waals surface area contributed by atoms with Gasteiger partial charge in [-0.05, 0) is 18.2 Å². The second-order valence-corrected chi connectivity index (χ2v) is 3.47. The monoisotopic (exact) mass is 218 g/mol. The summed E-state index contributed by atoms with van der Waals surface area (Å²) in [5.41, 5.74) is 12.4. The molecule has 5 nitrogen and oxygen atoms in total. The molecule has 0 spiro atoms. The molecule has 0 aliphatic carbocycles. The van der Waals surface area contributed by atoms with Gasteiger partial charge >= 0.3 is 0 Å². The zero-order valence-electron chi connectivity index (χ0n) is 9.10. The Balaban J connectivity index is 3.03. The van der Waals surface area contributed by atoms with Gasteiger partial charge in [-0.15, -0.1) is 0 Å². The molecule has 4 N–H and O–H groups in total. The van der Waals surface area contributed by atoms with Gasteiger partial charge in [-0.2, -0.15) is 5.26 Å². The molecule has 84 valence electrons. The topological polar surface area (TPSA) is 96.1 Å². The van der Waals surface area contributed by atoms with Crippen molar-refractivity contribution in [3.05, 3.63) is 23.8 Å². The average Bonchev–Trinajstić information content (AvgIpc) is 2.25. The molecule has 0 bridgehead atoms. The number of nitrogen functional groups attached to an aromatic ring is 1. The lowest BCUT2D eigenvalue weighted by Crippen LogP contribution is -2.23. The number of hydrogen-bond donors (Lipinski definition) is 2. The summed E-state index contributed by atoms with van der Waals surface area (Å²) in [6, 6.07) is 7.02. The number of benzene rings is 1. The molecule has 5 heteroatoms. The van der Waals surface area contributed by atoms with Crippen molar-refractivity contribution < 1.29 is 4.79 Å². The number of amides is 1. The zero-order chi connectivity index (χ0) is 12.1. The third-order valence-corrected chi connectivity index (χ3v) is 2.26. The first-order valence-corrected chi connectivity index (χ1v) is 4.83. The number of carbonyl (C=O) groups excluding carboxylic acids is 1. The van der Waals surface area contributed by atoms with E-state index in [2.05, 4.69) is 0 Å². The van der Waals surface area contributed by atoms with E-state index in [-0.39, 0.29) is 0 Å². The van der Waals surface area contributed by atoms with E-state index in [0.29, 0.717) is 29.9 Å². The van der Waals surface area contributed by atoms with Gasteiger partial charge in [-0.3, -0.25) is 4.79 Å². The van der Waals surface area contributed by atoms with Crippen molar-refractivity contribution in [2.45, 2.75) is 6.42 Å². The molecule has 0 saturated heterocycles. The molecular weight excluding hydrogens is 204 g/mol. The fourth-order valence-electron chi connectivity index (χ4n) is 1.42. The van der Waals surface area contributed by atoms with Crippen LogP contribution in [-0.4, -0.2) is 19.5 Å². The number of nitrogens with zero attached hydrogens (tertiary/aromatic N) is 2. The summed E-state index contributed by atoms with van der Waals surface area (Å²) in [4.78, 5) is 13.0. The highest BCUT2D eigenvalue weighted by atomic mass is 16.1. The van der Waals surface area contributed by atoms with Crippen LogP contribution in [0.5, 0.6) is 0 Å². The van der Waals surface area contributed by atoms with Gasteiger partial charge in [0.25, 0.3) is 5.91 Å². The maximum Gasteiger partial charge on any atom is 0.250 e. The Morgan fingerprint density at radius 3 is 2.81 bits per heavy atom. The number of anilines is 2. The average molecular weight is 218 g/mol. The third kappa shape index (κ3) is 2.64. The summed E-state index contributed by atoms with van der Waals surface area (Å²) < 4.78 is 0. The molecule has 1 aromatic rings. The molecule has 1 aromatic carbocycles. The van der Waals surface area contributed by atoms with Crippen molar-refractivity contribution in [3.8, 4) is 6.07 Å². The Labute approximate surface area is 94.2 Å². The number of rotatable bonds is 4. The van der Waals surface area contributed by atoms with Gasteiger partial charge in [0.2, 0.25) is 0 Å². The van der Waals surface area contributed by atoms with Gasteiger partial charge in [-0.25, -0.2) is 0 Å². The van der Waals surface area contributed by atoms with Crippen LogP contribution in [0.25, 0.3) is 0 Å². The molecule has 0 unspecified atom stereocenters. The third-order valence-electron chi connectivity index (χ3n) is 2.26. The number of hydrogen-bond acceptors (Lipinski definition) is 4. The van der Waals surface area contributed by atoms with Crippen LogP contribution in [0.2, 0.25) is 0 Å². The van der Waals surface area contributed by atoms with Crippen LogP contribution in [0.15, 0.2) is 18.2 Å². The van der Waals surface area contributed by atoms with E-state index < -0.39 is 5.91 Å². The molecule has 0 aliphatic rings. The molecule has 16 heavy (non-hydrogen) atoms. The summed E-state index contributed by atoms with van der Waals surface area (Å²) >= 11 is 0. The maximum atomic E-state index is 11.2. The number of carbonyl (C=O) groups is 1. The van der Waals surface area contributed by atoms with Crippen molar-refractivity contribution in [2.75, 3.05) is 24.2 Å². The van der Waals surface area contributed by atoms with Crippen LogP contribution in [0.1, 0.15) is 16.8 Å². The van der Waals surface area contributed by atoms with Crippen molar-refractivity contribution in [2.24, 2.45) is 5.73 Å². The lowest BCUT2D eigenvalue weighted by Gasteiger charge is -2.20. The molecular formula is C11H14N4O. The largest absolute Gasteiger partial charge is 0.399 e. The van der Waals surface area contributed by atoms with Gasteiger partial charge < -0.3 is 16.4 Å². The van der Waals surface area contributed by atoms with E-state index in [1.165, 1.54) is 0 Å². The quantitative estimate of drug-likeness (QED) is 0.727. The fourth-order valence-corrected chi connectivity index (χ4v) is 1.42. The van der Waals surface area contributed by atoms with Crippen molar-refractivity contribution in [1.82, 2.24) is 0 Å². The highest BCUT2D eigenvalue weighted by molar-refractivity contribution is 5.99. The summed E-state index contributed by atoms with van der Waals surface area (Å²) in [5, 5.41) is 8.50. The highest BCUT2D eigenvalue weighted by Gasteiger charge is 2.11. The predicted molar refractivity (Wildman–Crippen MR) is 62.9 cm³/mol. The molecule has 1 rings (SSSR count). The molecule has 0 saturated carbocycles. The van der Waals surface area contributed by atoms with E-state index in [1.807, 2.05) is 11.0 Å². The molecule has 0 fully saturated rings. The fraction of sp³-hybridized carbons (Fsp3) is 0.273. The summed E-state index contributed by atoms with van der Waals surface area (Å²) in [7, 11) is 1.80. The van der Waals surface area contributed by atoms with Crippen LogP contribution in [0, 0.1) is 11.3 Å². The standard InChI is InChI=1S/C11H14N4O/c1-15(6-2-5-12)10-4-3-8(13)7-9(10)11(14)16/h3-4,7H,2,6,13H2,1H3,(H2,14,16). The Kier molecular flexibility index (Phi) is 3.72.